The van der Waals surface area contributed by atoms with E-state index in [1.165, 1.54) is 11.1 Å². The van der Waals surface area contributed by atoms with Gasteiger partial charge in [-0.1, -0.05) is 75.5 Å². The number of benzene rings is 2. The molecule has 0 aliphatic carbocycles. The van der Waals surface area contributed by atoms with E-state index in [0.29, 0.717) is 37.2 Å². The Morgan fingerprint density at radius 1 is 0.750 bits per heavy atom. The Bertz CT molecular complexity index is 1310. The molecule has 44 heavy (non-hydrogen) atoms. The summed E-state index contributed by atoms with van der Waals surface area (Å²) < 4.78 is 23.1. The first-order valence-electron chi connectivity index (χ1n) is 15.2. The van der Waals surface area contributed by atoms with Crippen LogP contribution in [0.25, 0.3) is 0 Å². The third-order valence-corrected chi connectivity index (χ3v) is 7.96. The Balaban J connectivity index is 2.02. The Morgan fingerprint density at radius 2 is 1.20 bits per heavy atom. The molecule has 0 spiro atoms. The lowest BCUT2D eigenvalue weighted by Gasteiger charge is -2.32. The lowest BCUT2D eigenvalue weighted by atomic mass is 9.74. The number of carbonyl (C=O) groups is 2. The number of hydrogen-bond acceptors (Lipinski definition) is 7. The largest absolute Gasteiger partial charge is 0.456 e. The van der Waals surface area contributed by atoms with Crippen molar-refractivity contribution in [2.24, 2.45) is 5.73 Å². The van der Waals surface area contributed by atoms with Crippen LogP contribution in [-0.2, 0) is 45.1 Å². The zero-order valence-corrected chi connectivity index (χ0v) is 28.5. The molecule has 0 aromatic heterocycles. The van der Waals surface area contributed by atoms with Crippen molar-refractivity contribution in [3.63, 3.8) is 0 Å². The van der Waals surface area contributed by atoms with Crippen LogP contribution in [0.2, 0.25) is 0 Å². The summed E-state index contributed by atoms with van der Waals surface area (Å²) in [5, 5.41) is 0. The molecule has 0 amide bonds. The van der Waals surface area contributed by atoms with E-state index in [9.17, 15) is 9.59 Å². The average Bonchev–Trinajstić information content (AvgIpc) is 2.92. The Hall–Kier alpha value is -3.20. The maximum Gasteiger partial charge on any atom is 0.334 e. The van der Waals surface area contributed by atoms with Gasteiger partial charge in [-0.2, -0.15) is 0 Å². The lowest BCUT2D eigenvalue weighted by Crippen LogP contribution is -2.33. The van der Waals surface area contributed by atoms with Crippen LogP contribution in [-0.4, -0.2) is 44.8 Å². The van der Waals surface area contributed by atoms with Gasteiger partial charge in [0.25, 0.3) is 0 Å². The standard InChI is InChI=1S/C36H52BNO6/c1-24(2)31(39)43-30(38)20-22-41-35(9,10)28-16-12-26(13-17-28)34(7,8)27-14-18-29(19-15-27)36(11,37)42-23-21-33(5,6)44-32(40)25(3)4/h12-19,30H,1,3,20-23,37-38H2,2,4-11H3. The molecule has 0 aliphatic rings. The van der Waals surface area contributed by atoms with Crippen molar-refractivity contribution in [1.29, 1.82) is 0 Å². The Morgan fingerprint density at radius 3 is 1.68 bits per heavy atom. The van der Waals surface area contributed by atoms with Gasteiger partial charge in [-0.15, -0.1) is 0 Å². The first-order valence-corrected chi connectivity index (χ1v) is 15.2. The summed E-state index contributed by atoms with van der Waals surface area (Å²) >= 11 is 0. The molecule has 0 saturated heterocycles. The van der Waals surface area contributed by atoms with E-state index in [-0.39, 0.29) is 11.4 Å². The van der Waals surface area contributed by atoms with Crippen molar-refractivity contribution < 1.29 is 28.5 Å². The molecule has 2 unspecified atom stereocenters. The fourth-order valence-electron chi connectivity index (χ4n) is 4.58. The highest BCUT2D eigenvalue weighted by Gasteiger charge is 2.29. The van der Waals surface area contributed by atoms with Gasteiger partial charge in [0.2, 0.25) is 0 Å². The van der Waals surface area contributed by atoms with Gasteiger partial charge in [0, 0.05) is 29.4 Å². The molecule has 2 aromatic carbocycles. The van der Waals surface area contributed by atoms with Crippen LogP contribution in [0.5, 0.6) is 0 Å². The van der Waals surface area contributed by atoms with Crippen LogP contribution in [0.3, 0.4) is 0 Å². The second-order valence-electron chi connectivity index (χ2n) is 13.7. The van der Waals surface area contributed by atoms with Crippen LogP contribution in [0.15, 0.2) is 72.8 Å². The molecule has 2 rings (SSSR count). The first-order chi connectivity index (χ1) is 20.2. The van der Waals surface area contributed by atoms with E-state index in [0.717, 1.165) is 11.1 Å². The number of carbonyl (C=O) groups excluding carboxylic acids is 2. The van der Waals surface area contributed by atoms with Crippen molar-refractivity contribution >= 4 is 19.8 Å². The van der Waals surface area contributed by atoms with Crippen LogP contribution < -0.4 is 5.73 Å². The van der Waals surface area contributed by atoms with Crippen LogP contribution in [0.1, 0.15) is 97.4 Å². The SMILES string of the molecule is BC(C)(OCCC(C)(C)OC(=O)C(=C)C)c1ccc(C(C)(C)c2ccc(C(C)(C)OCCC(N)OC(=O)C(=C)C)cc2)cc1. The van der Waals surface area contributed by atoms with E-state index in [1.54, 1.807) is 13.8 Å². The van der Waals surface area contributed by atoms with Crippen molar-refractivity contribution in [3.8, 4) is 0 Å². The van der Waals surface area contributed by atoms with E-state index in [2.05, 4.69) is 75.5 Å². The quantitative estimate of drug-likeness (QED) is 0.106. The third kappa shape index (κ3) is 10.5. The molecule has 0 saturated carbocycles. The highest BCUT2D eigenvalue weighted by molar-refractivity contribution is 6.14. The van der Waals surface area contributed by atoms with E-state index >= 15 is 0 Å². The van der Waals surface area contributed by atoms with Gasteiger partial charge in [0.15, 0.2) is 6.23 Å². The minimum Gasteiger partial charge on any atom is -0.456 e. The Labute approximate surface area is 265 Å². The monoisotopic (exact) mass is 605 g/mol. The van der Waals surface area contributed by atoms with Crippen LogP contribution in [0.4, 0.5) is 0 Å². The smallest absolute Gasteiger partial charge is 0.334 e. The third-order valence-electron chi connectivity index (χ3n) is 7.96. The fourth-order valence-corrected chi connectivity index (χ4v) is 4.58. The minimum absolute atomic E-state index is 0.232. The molecule has 0 fully saturated rings. The maximum absolute atomic E-state index is 11.9. The van der Waals surface area contributed by atoms with Gasteiger partial charge >= 0.3 is 11.9 Å². The number of nitrogens with two attached hydrogens (primary N) is 1. The molecule has 2 aromatic rings. The summed E-state index contributed by atoms with van der Waals surface area (Å²) in [6, 6.07) is 17.0. The van der Waals surface area contributed by atoms with Crippen molar-refractivity contribution in [3.05, 3.63) is 95.1 Å². The average molecular weight is 606 g/mol. The van der Waals surface area contributed by atoms with E-state index in [1.807, 2.05) is 42.5 Å². The second-order valence-corrected chi connectivity index (χ2v) is 13.7. The predicted octanol–water partition coefficient (Wildman–Crippen LogP) is 6.17. The molecule has 0 heterocycles. The number of rotatable bonds is 16. The Kier molecular flexibility index (Phi) is 12.4. The molecular formula is C36H52BNO6. The van der Waals surface area contributed by atoms with Gasteiger partial charge < -0.3 is 18.9 Å². The van der Waals surface area contributed by atoms with Crippen molar-refractivity contribution in [2.75, 3.05) is 13.2 Å². The molecule has 2 N–H and O–H groups in total. The lowest BCUT2D eigenvalue weighted by molar-refractivity contribution is -0.153. The molecule has 8 heteroatoms. The summed E-state index contributed by atoms with van der Waals surface area (Å²) in [6.45, 7) is 25.5. The van der Waals surface area contributed by atoms with Crippen LogP contribution in [0, 0.1) is 0 Å². The van der Waals surface area contributed by atoms with E-state index < -0.39 is 28.9 Å². The topological polar surface area (TPSA) is 97.1 Å². The van der Waals surface area contributed by atoms with Gasteiger partial charge in [-0.05, 0) is 70.7 Å². The van der Waals surface area contributed by atoms with Gasteiger partial charge in [0.05, 0.1) is 24.3 Å². The summed E-state index contributed by atoms with van der Waals surface area (Å²) in [5.41, 5.74) is 9.14. The van der Waals surface area contributed by atoms with Crippen LogP contribution >= 0.6 is 0 Å². The fraction of sp³-hybridized carbons (Fsp3) is 0.500. The van der Waals surface area contributed by atoms with Gasteiger partial charge in [-0.3, -0.25) is 5.73 Å². The zero-order chi connectivity index (χ0) is 33.5. The van der Waals surface area contributed by atoms with Gasteiger partial charge in [-0.25, -0.2) is 9.59 Å². The summed E-state index contributed by atoms with van der Waals surface area (Å²) in [5.74, 6) is -0.887. The second kappa shape index (κ2) is 14.7. The highest BCUT2D eigenvalue weighted by Crippen LogP contribution is 2.35. The molecular weight excluding hydrogens is 553 g/mol. The van der Waals surface area contributed by atoms with Crippen molar-refractivity contribution in [2.45, 2.75) is 104 Å². The number of hydrogen-bond donors (Lipinski definition) is 1. The number of ether oxygens (including phenoxy) is 4. The molecule has 240 valence electrons. The van der Waals surface area contributed by atoms with Gasteiger partial charge in [0.1, 0.15) is 13.4 Å². The summed E-state index contributed by atoms with van der Waals surface area (Å²) in [4.78, 5) is 23.6. The molecule has 0 bridgehead atoms. The molecule has 2 atom stereocenters. The van der Waals surface area contributed by atoms with E-state index in [4.69, 9.17) is 24.7 Å². The highest BCUT2D eigenvalue weighted by atomic mass is 16.6. The predicted molar refractivity (Wildman–Crippen MR) is 179 cm³/mol. The maximum atomic E-state index is 11.9. The molecule has 0 aliphatic heterocycles. The molecule has 7 nitrogen and oxygen atoms in total. The molecule has 0 radical (unpaired) electrons. The first kappa shape index (κ1) is 37.0. The normalized spacial score (nSPS) is 14.3. The summed E-state index contributed by atoms with van der Waals surface area (Å²) in [7, 11) is 2.05. The van der Waals surface area contributed by atoms with Crippen molar-refractivity contribution in [1.82, 2.24) is 0 Å². The summed E-state index contributed by atoms with van der Waals surface area (Å²) in [6.07, 6.45) is 0.206. The zero-order valence-electron chi connectivity index (χ0n) is 28.5. The minimum atomic E-state index is -0.743. The number of esters is 2.